The van der Waals surface area contributed by atoms with Crippen LogP contribution in [0.3, 0.4) is 0 Å². The number of hydrogen-bond acceptors (Lipinski definition) is 4. The van der Waals surface area contributed by atoms with Crippen LogP contribution in [-0.2, 0) is 9.84 Å². The lowest BCUT2D eigenvalue weighted by Gasteiger charge is -2.20. The second-order valence-electron chi connectivity index (χ2n) is 4.15. The van der Waals surface area contributed by atoms with Crippen molar-refractivity contribution < 1.29 is 13.5 Å². The fourth-order valence-electron chi connectivity index (χ4n) is 1.57. The molecule has 0 aliphatic carbocycles. The third kappa shape index (κ3) is 8.47. The van der Waals surface area contributed by atoms with E-state index < -0.39 is 9.84 Å². The molecule has 0 aliphatic rings. The summed E-state index contributed by atoms with van der Waals surface area (Å²) in [6.45, 7) is 5.49. The molecule has 0 aliphatic heterocycles. The van der Waals surface area contributed by atoms with Crippen LogP contribution in [0.5, 0.6) is 0 Å². The molecule has 2 N–H and O–H groups in total. The zero-order chi connectivity index (χ0) is 11.4. The molecule has 0 aromatic carbocycles. The fourth-order valence-corrected chi connectivity index (χ4v) is 2.57. The van der Waals surface area contributed by atoms with Gasteiger partial charge in [0.1, 0.15) is 9.84 Å². The molecule has 4 nitrogen and oxygen atoms in total. The van der Waals surface area contributed by atoms with Gasteiger partial charge in [-0.25, -0.2) is 8.42 Å². The molecule has 0 amide bonds. The maximum atomic E-state index is 11.0. The van der Waals surface area contributed by atoms with E-state index in [4.69, 9.17) is 5.11 Å². The third-order valence-electron chi connectivity index (χ3n) is 1.82. The summed E-state index contributed by atoms with van der Waals surface area (Å²) in [7, 11) is -2.92. The normalized spacial score (nSPS) is 18.9. The van der Waals surface area contributed by atoms with Crippen LogP contribution in [0.25, 0.3) is 0 Å². The molecule has 0 aromatic rings. The molecule has 3 unspecified atom stereocenters. The van der Waals surface area contributed by atoms with Gasteiger partial charge in [0, 0.05) is 18.3 Å². The van der Waals surface area contributed by atoms with E-state index >= 15 is 0 Å². The minimum atomic E-state index is -2.92. The molecule has 0 spiro atoms. The summed E-state index contributed by atoms with van der Waals surface area (Å²) < 4.78 is 21.9. The first-order chi connectivity index (χ1) is 6.20. The SMILES string of the molecule is CC(O)CC(C)NC(C)CS(C)(=O)=O. The van der Waals surface area contributed by atoms with Crippen molar-refractivity contribution in [1.82, 2.24) is 5.32 Å². The molecule has 14 heavy (non-hydrogen) atoms. The van der Waals surface area contributed by atoms with E-state index in [0.717, 1.165) is 0 Å². The van der Waals surface area contributed by atoms with Crippen LogP contribution < -0.4 is 5.32 Å². The van der Waals surface area contributed by atoms with Crippen molar-refractivity contribution >= 4 is 9.84 Å². The van der Waals surface area contributed by atoms with Crippen LogP contribution >= 0.6 is 0 Å². The first-order valence-electron chi connectivity index (χ1n) is 4.82. The molecule has 0 radical (unpaired) electrons. The fraction of sp³-hybridized carbons (Fsp3) is 1.00. The predicted molar refractivity (Wildman–Crippen MR) is 58.1 cm³/mol. The van der Waals surface area contributed by atoms with Gasteiger partial charge < -0.3 is 10.4 Å². The largest absolute Gasteiger partial charge is 0.393 e. The summed E-state index contributed by atoms with van der Waals surface area (Å²) in [5.41, 5.74) is 0. The van der Waals surface area contributed by atoms with Crippen LogP contribution in [0.4, 0.5) is 0 Å². The summed E-state index contributed by atoms with van der Waals surface area (Å²) in [5, 5.41) is 12.2. The minimum Gasteiger partial charge on any atom is -0.393 e. The maximum absolute atomic E-state index is 11.0. The summed E-state index contributed by atoms with van der Waals surface area (Å²) >= 11 is 0. The molecule has 0 heterocycles. The molecule has 0 saturated heterocycles. The third-order valence-corrected chi connectivity index (χ3v) is 2.92. The van der Waals surface area contributed by atoms with Crippen molar-refractivity contribution in [2.75, 3.05) is 12.0 Å². The van der Waals surface area contributed by atoms with Gasteiger partial charge in [0.15, 0.2) is 0 Å². The average molecular weight is 223 g/mol. The second-order valence-corrected chi connectivity index (χ2v) is 6.33. The van der Waals surface area contributed by atoms with Crippen LogP contribution in [0.15, 0.2) is 0 Å². The zero-order valence-electron chi connectivity index (χ0n) is 9.32. The van der Waals surface area contributed by atoms with Crippen molar-refractivity contribution in [3.8, 4) is 0 Å². The number of aliphatic hydroxyl groups is 1. The van der Waals surface area contributed by atoms with E-state index in [-0.39, 0.29) is 23.9 Å². The monoisotopic (exact) mass is 223 g/mol. The smallest absolute Gasteiger partial charge is 0.148 e. The van der Waals surface area contributed by atoms with E-state index in [1.807, 2.05) is 13.8 Å². The van der Waals surface area contributed by atoms with Gasteiger partial charge in [0.05, 0.1) is 11.9 Å². The molecule has 0 rings (SSSR count). The first kappa shape index (κ1) is 13.9. The van der Waals surface area contributed by atoms with Gasteiger partial charge in [0.2, 0.25) is 0 Å². The van der Waals surface area contributed by atoms with E-state index in [1.54, 1.807) is 6.92 Å². The van der Waals surface area contributed by atoms with Crippen LogP contribution in [0.2, 0.25) is 0 Å². The molecule has 0 fully saturated rings. The second kappa shape index (κ2) is 5.68. The number of nitrogens with one attached hydrogen (secondary N) is 1. The van der Waals surface area contributed by atoms with Gasteiger partial charge in [0.25, 0.3) is 0 Å². The highest BCUT2D eigenvalue weighted by Gasteiger charge is 2.13. The summed E-state index contributed by atoms with van der Waals surface area (Å²) in [6, 6.07) is 0.0606. The van der Waals surface area contributed by atoms with Gasteiger partial charge in [-0.05, 0) is 27.2 Å². The Labute approximate surface area is 86.6 Å². The van der Waals surface area contributed by atoms with Gasteiger partial charge >= 0.3 is 0 Å². The lowest BCUT2D eigenvalue weighted by molar-refractivity contribution is 0.169. The van der Waals surface area contributed by atoms with E-state index in [0.29, 0.717) is 6.42 Å². The Bertz CT molecular complexity index is 249. The molecule has 86 valence electrons. The van der Waals surface area contributed by atoms with Crippen LogP contribution in [0.1, 0.15) is 27.2 Å². The van der Waals surface area contributed by atoms with Crippen molar-refractivity contribution in [2.24, 2.45) is 0 Å². The molecular formula is C9H21NO3S. The van der Waals surface area contributed by atoms with Gasteiger partial charge in [-0.2, -0.15) is 0 Å². The average Bonchev–Trinajstić information content (AvgIpc) is 1.77. The Kier molecular flexibility index (Phi) is 5.63. The lowest BCUT2D eigenvalue weighted by atomic mass is 10.1. The van der Waals surface area contributed by atoms with Crippen LogP contribution in [0, 0.1) is 0 Å². The molecule has 5 heteroatoms. The molecule has 0 saturated carbocycles. The summed E-state index contributed by atoms with van der Waals surface area (Å²) in [6.07, 6.45) is 1.50. The van der Waals surface area contributed by atoms with Crippen molar-refractivity contribution in [3.05, 3.63) is 0 Å². The molecule has 3 atom stereocenters. The summed E-state index contributed by atoms with van der Waals surface area (Å²) in [4.78, 5) is 0. The van der Waals surface area contributed by atoms with Gasteiger partial charge in [-0.3, -0.25) is 0 Å². The van der Waals surface area contributed by atoms with Crippen LogP contribution in [-0.4, -0.2) is 43.7 Å². The van der Waals surface area contributed by atoms with Gasteiger partial charge in [-0.1, -0.05) is 0 Å². The molecular weight excluding hydrogens is 202 g/mol. The van der Waals surface area contributed by atoms with E-state index in [1.165, 1.54) is 6.26 Å². The van der Waals surface area contributed by atoms with Gasteiger partial charge in [-0.15, -0.1) is 0 Å². The number of sulfone groups is 1. The lowest BCUT2D eigenvalue weighted by Crippen LogP contribution is -2.40. The Morgan fingerprint density at radius 1 is 1.21 bits per heavy atom. The molecule has 0 aromatic heterocycles. The standard InChI is InChI=1S/C9H21NO3S/c1-7(5-9(3)11)10-8(2)6-14(4,12)13/h7-11H,5-6H2,1-4H3. The highest BCUT2D eigenvalue weighted by Crippen LogP contribution is 1.99. The Morgan fingerprint density at radius 3 is 2.07 bits per heavy atom. The molecule has 0 bridgehead atoms. The predicted octanol–water partition coefficient (Wildman–Crippen LogP) is 0.169. The Hall–Kier alpha value is -0.130. The minimum absolute atomic E-state index is 0.0706. The summed E-state index contributed by atoms with van der Waals surface area (Å²) in [5.74, 6) is 0.136. The number of rotatable bonds is 6. The zero-order valence-corrected chi connectivity index (χ0v) is 10.1. The van der Waals surface area contributed by atoms with Crippen molar-refractivity contribution in [2.45, 2.75) is 45.4 Å². The highest BCUT2D eigenvalue weighted by molar-refractivity contribution is 7.90. The first-order valence-corrected chi connectivity index (χ1v) is 6.88. The van der Waals surface area contributed by atoms with E-state index in [9.17, 15) is 8.42 Å². The van der Waals surface area contributed by atoms with Crippen molar-refractivity contribution in [3.63, 3.8) is 0 Å². The Balaban J connectivity index is 3.88. The highest BCUT2D eigenvalue weighted by atomic mass is 32.2. The quantitative estimate of drug-likeness (QED) is 0.673. The van der Waals surface area contributed by atoms with Crippen molar-refractivity contribution in [1.29, 1.82) is 0 Å². The van der Waals surface area contributed by atoms with E-state index in [2.05, 4.69) is 5.32 Å². The number of hydrogen-bond donors (Lipinski definition) is 2. The number of aliphatic hydroxyl groups excluding tert-OH is 1. The Morgan fingerprint density at radius 2 is 1.71 bits per heavy atom. The topological polar surface area (TPSA) is 66.4 Å². The maximum Gasteiger partial charge on any atom is 0.148 e.